The molecular weight excluding hydrogens is 309 g/mol. The lowest BCUT2D eigenvalue weighted by Gasteiger charge is -2.21. The monoisotopic (exact) mass is 323 g/mol. The second-order valence-corrected chi connectivity index (χ2v) is 5.48. The van der Waals surface area contributed by atoms with Gasteiger partial charge in [0.25, 0.3) is 0 Å². The van der Waals surface area contributed by atoms with Crippen LogP contribution in [0.2, 0.25) is 10.0 Å². The lowest BCUT2D eigenvalue weighted by Crippen LogP contribution is -2.18. The molecule has 0 aliphatic rings. The molecule has 4 nitrogen and oxygen atoms in total. The first kappa shape index (κ1) is 15.5. The van der Waals surface area contributed by atoms with Gasteiger partial charge >= 0.3 is 0 Å². The number of amidine groups is 1. The fraction of sp³-hybridized carbons (Fsp3) is 0.133. The fourth-order valence-corrected chi connectivity index (χ4v) is 2.57. The molecule has 0 radical (unpaired) electrons. The van der Waals surface area contributed by atoms with Gasteiger partial charge in [-0.3, -0.25) is 0 Å². The van der Waals surface area contributed by atoms with E-state index in [9.17, 15) is 0 Å². The Hall–Kier alpha value is -1.91. The third-order valence-electron chi connectivity index (χ3n) is 3.07. The molecule has 0 amide bonds. The molecule has 0 bridgehead atoms. The lowest BCUT2D eigenvalue weighted by atomic mass is 10.1. The van der Waals surface area contributed by atoms with E-state index in [2.05, 4.69) is 5.16 Å². The van der Waals surface area contributed by atoms with Crippen molar-refractivity contribution in [1.82, 2.24) is 0 Å². The maximum atomic E-state index is 8.68. The molecule has 0 aromatic heterocycles. The van der Waals surface area contributed by atoms with E-state index in [1.165, 1.54) is 0 Å². The van der Waals surface area contributed by atoms with Crippen molar-refractivity contribution in [3.05, 3.63) is 63.6 Å². The van der Waals surface area contributed by atoms with Gasteiger partial charge in [-0.05, 0) is 35.9 Å². The van der Waals surface area contributed by atoms with Crippen molar-refractivity contribution in [3.8, 4) is 0 Å². The van der Waals surface area contributed by atoms with Crippen LogP contribution in [0.15, 0.2) is 47.6 Å². The molecule has 110 valence electrons. The van der Waals surface area contributed by atoms with E-state index in [1.54, 1.807) is 12.1 Å². The summed E-state index contributed by atoms with van der Waals surface area (Å²) in [5, 5.41) is 12.9. The maximum Gasteiger partial charge on any atom is 0.170 e. The summed E-state index contributed by atoms with van der Waals surface area (Å²) >= 11 is 12.2. The number of nitrogens with zero attached hydrogens (tertiary/aromatic N) is 2. The number of halogens is 2. The number of nitrogens with two attached hydrogens (primary N) is 1. The topological polar surface area (TPSA) is 61.8 Å². The smallest absolute Gasteiger partial charge is 0.170 e. The molecule has 0 saturated heterocycles. The third-order valence-corrected chi connectivity index (χ3v) is 3.61. The number of oxime groups is 1. The minimum atomic E-state index is 0.0287. The summed E-state index contributed by atoms with van der Waals surface area (Å²) in [6, 6.07) is 12.9. The molecule has 3 N–H and O–H groups in total. The van der Waals surface area contributed by atoms with Crippen LogP contribution in [-0.4, -0.2) is 18.1 Å². The van der Waals surface area contributed by atoms with Gasteiger partial charge < -0.3 is 15.8 Å². The van der Waals surface area contributed by atoms with Crippen molar-refractivity contribution in [2.75, 3.05) is 11.9 Å². The molecule has 0 fully saturated rings. The summed E-state index contributed by atoms with van der Waals surface area (Å²) < 4.78 is 0. The lowest BCUT2D eigenvalue weighted by molar-refractivity contribution is 0.318. The fourth-order valence-electron chi connectivity index (χ4n) is 2.03. The normalized spacial score (nSPS) is 11.5. The van der Waals surface area contributed by atoms with Crippen molar-refractivity contribution in [2.24, 2.45) is 10.9 Å². The van der Waals surface area contributed by atoms with E-state index in [0.717, 1.165) is 11.3 Å². The van der Waals surface area contributed by atoms with Gasteiger partial charge in [0.05, 0.1) is 10.7 Å². The Morgan fingerprint density at radius 1 is 1.24 bits per heavy atom. The highest BCUT2D eigenvalue weighted by molar-refractivity contribution is 6.33. The van der Waals surface area contributed by atoms with Crippen LogP contribution in [0.5, 0.6) is 0 Å². The standard InChI is InChI=1S/C15H15Cl2N3O/c1-20(9-10-3-2-4-12(16)7-10)14-6-5-11(8-13(14)17)15(18)19-21/h2-8,21H,9H2,1H3,(H2,18,19). The summed E-state index contributed by atoms with van der Waals surface area (Å²) in [5.41, 5.74) is 8.05. The molecule has 21 heavy (non-hydrogen) atoms. The van der Waals surface area contributed by atoms with Crippen molar-refractivity contribution in [1.29, 1.82) is 0 Å². The molecule has 0 atom stereocenters. The average molecular weight is 324 g/mol. The highest BCUT2D eigenvalue weighted by Gasteiger charge is 2.09. The first-order valence-corrected chi connectivity index (χ1v) is 7.00. The Bertz CT molecular complexity index is 674. The highest BCUT2D eigenvalue weighted by atomic mass is 35.5. The first-order chi connectivity index (χ1) is 10.0. The largest absolute Gasteiger partial charge is 0.409 e. The van der Waals surface area contributed by atoms with Gasteiger partial charge in [-0.1, -0.05) is 40.5 Å². The Morgan fingerprint density at radius 3 is 2.62 bits per heavy atom. The molecule has 0 unspecified atom stereocenters. The predicted molar refractivity (Wildman–Crippen MR) is 87.5 cm³/mol. The van der Waals surface area contributed by atoms with Crippen molar-refractivity contribution in [2.45, 2.75) is 6.54 Å². The zero-order chi connectivity index (χ0) is 15.4. The molecular formula is C15H15Cl2N3O. The second kappa shape index (κ2) is 6.70. The van der Waals surface area contributed by atoms with E-state index in [0.29, 0.717) is 22.2 Å². The number of rotatable bonds is 4. The van der Waals surface area contributed by atoms with Crippen LogP contribution in [0, 0.1) is 0 Å². The zero-order valence-corrected chi connectivity index (χ0v) is 12.9. The first-order valence-electron chi connectivity index (χ1n) is 6.24. The van der Waals surface area contributed by atoms with E-state index in [4.69, 9.17) is 34.1 Å². The van der Waals surface area contributed by atoms with Gasteiger partial charge in [0.15, 0.2) is 5.84 Å². The van der Waals surface area contributed by atoms with Crippen LogP contribution in [0.1, 0.15) is 11.1 Å². The Balaban J connectivity index is 2.21. The van der Waals surface area contributed by atoms with Gasteiger partial charge in [-0.15, -0.1) is 0 Å². The SMILES string of the molecule is CN(Cc1cccc(Cl)c1)c1ccc(C(N)=NO)cc1Cl. The predicted octanol–water partition coefficient (Wildman–Crippen LogP) is 3.72. The van der Waals surface area contributed by atoms with Crippen molar-refractivity contribution in [3.63, 3.8) is 0 Å². The maximum absolute atomic E-state index is 8.68. The van der Waals surface area contributed by atoms with Crippen LogP contribution in [0.25, 0.3) is 0 Å². The van der Waals surface area contributed by atoms with Crippen molar-refractivity contribution < 1.29 is 5.21 Å². The van der Waals surface area contributed by atoms with Gasteiger partial charge in [0.2, 0.25) is 0 Å². The van der Waals surface area contributed by atoms with Crippen LogP contribution < -0.4 is 10.6 Å². The van der Waals surface area contributed by atoms with Gasteiger partial charge in [-0.25, -0.2) is 0 Å². The van der Waals surface area contributed by atoms with Gasteiger partial charge in [-0.2, -0.15) is 0 Å². The molecule has 2 rings (SSSR count). The highest BCUT2D eigenvalue weighted by Crippen LogP contribution is 2.27. The third kappa shape index (κ3) is 3.80. The van der Waals surface area contributed by atoms with Crippen LogP contribution in [-0.2, 0) is 6.54 Å². The summed E-state index contributed by atoms with van der Waals surface area (Å²) in [4.78, 5) is 2.00. The number of hydrogen-bond donors (Lipinski definition) is 2. The van der Waals surface area contributed by atoms with E-state index >= 15 is 0 Å². The quantitative estimate of drug-likeness (QED) is 0.390. The number of anilines is 1. The van der Waals surface area contributed by atoms with E-state index < -0.39 is 0 Å². The minimum Gasteiger partial charge on any atom is -0.409 e. The average Bonchev–Trinajstić information content (AvgIpc) is 2.46. The van der Waals surface area contributed by atoms with Crippen LogP contribution in [0.4, 0.5) is 5.69 Å². The summed E-state index contributed by atoms with van der Waals surface area (Å²) in [5.74, 6) is 0.0287. The molecule has 0 heterocycles. The second-order valence-electron chi connectivity index (χ2n) is 4.64. The Morgan fingerprint density at radius 2 is 2.00 bits per heavy atom. The molecule has 0 saturated carbocycles. The Kier molecular flexibility index (Phi) is 4.94. The van der Waals surface area contributed by atoms with E-state index in [-0.39, 0.29) is 5.84 Å². The number of benzene rings is 2. The van der Waals surface area contributed by atoms with Crippen LogP contribution >= 0.6 is 23.2 Å². The summed E-state index contributed by atoms with van der Waals surface area (Å²) in [6.45, 7) is 0.670. The molecule has 6 heteroatoms. The van der Waals surface area contributed by atoms with Gasteiger partial charge in [0.1, 0.15) is 0 Å². The summed E-state index contributed by atoms with van der Waals surface area (Å²) in [6.07, 6.45) is 0. The number of hydrogen-bond acceptors (Lipinski definition) is 3. The van der Waals surface area contributed by atoms with E-state index in [1.807, 2.05) is 42.3 Å². The Labute approximate surface area is 133 Å². The molecule has 2 aromatic carbocycles. The molecule has 0 spiro atoms. The molecule has 2 aromatic rings. The van der Waals surface area contributed by atoms with Crippen molar-refractivity contribution >= 4 is 34.7 Å². The molecule has 0 aliphatic heterocycles. The van der Waals surface area contributed by atoms with Crippen LogP contribution in [0.3, 0.4) is 0 Å². The zero-order valence-electron chi connectivity index (χ0n) is 11.4. The minimum absolute atomic E-state index is 0.0287. The summed E-state index contributed by atoms with van der Waals surface area (Å²) in [7, 11) is 1.94. The molecule has 0 aliphatic carbocycles. The van der Waals surface area contributed by atoms with Gasteiger partial charge in [0, 0.05) is 24.2 Å².